The summed E-state index contributed by atoms with van der Waals surface area (Å²) >= 11 is 3.57. The van der Waals surface area contributed by atoms with Crippen LogP contribution in [0.4, 0.5) is 0 Å². The molecule has 2 aliphatic heterocycles. The zero-order valence-corrected chi connectivity index (χ0v) is 11.0. The smallest absolute Gasteiger partial charge is 0.168 e. The molecule has 5 heteroatoms. The summed E-state index contributed by atoms with van der Waals surface area (Å²) in [5, 5.41) is 3.33. The van der Waals surface area contributed by atoms with Gasteiger partial charge in [0.1, 0.15) is 13.2 Å². The zero-order chi connectivity index (χ0) is 11.7. The Bertz CT molecular complexity index is 418. The lowest BCUT2D eigenvalue weighted by atomic mass is 10.1. The van der Waals surface area contributed by atoms with Gasteiger partial charge in [-0.25, -0.2) is 0 Å². The summed E-state index contributed by atoms with van der Waals surface area (Å²) in [5.74, 6) is 1.63. The molecule has 3 rings (SSSR count). The maximum Gasteiger partial charge on any atom is 0.168 e. The standard InChI is InChI=1S/C12H14BrNO3/c13-8-1-2-9-12(17-6-5-16-9)11(8)10-7-14-3-4-15-10/h1-2,10,14H,3-7H2. The van der Waals surface area contributed by atoms with Gasteiger partial charge in [0.05, 0.1) is 12.7 Å². The zero-order valence-electron chi connectivity index (χ0n) is 9.37. The topological polar surface area (TPSA) is 39.7 Å². The van der Waals surface area contributed by atoms with E-state index < -0.39 is 0 Å². The number of nitrogens with one attached hydrogen (secondary N) is 1. The van der Waals surface area contributed by atoms with Crippen LogP contribution in [-0.2, 0) is 4.74 Å². The Morgan fingerprint density at radius 2 is 2.06 bits per heavy atom. The van der Waals surface area contributed by atoms with Gasteiger partial charge in [-0.2, -0.15) is 0 Å². The first-order valence-corrected chi connectivity index (χ1v) is 6.56. The molecule has 1 atom stereocenters. The highest BCUT2D eigenvalue weighted by Crippen LogP contribution is 2.42. The molecule has 0 aliphatic carbocycles. The number of benzene rings is 1. The van der Waals surface area contributed by atoms with E-state index in [1.807, 2.05) is 12.1 Å². The van der Waals surface area contributed by atoms with Crippen LogP contribution < -0.4 is 14.8 Å². The van der Waals surface area contributed by atoms with Crippen LogP contribution in [0.1, 0.15) is 11.7 Å². The average Bonchev–Trinajstić information content (AvgIpc) is 2.39. The van der Waals surface area contributed by atoms with Crippen LogP contribution in [-0.4, -0.2) is 32.9 Å². The predicted octanol–water partition coefficient (Wildman–Crippen LogP) is 1.88. The van der Waals surface area contributed by atoms with Crippen LogP contribution in [0, 0.1) is 0 Å². The minimum Gasteiger partial charge on any atom is -0.486 e. The van der Waals surface area contributed by atoms with Gasteiger partial charge in [-0.05, 0) is 12.1 Å². The van der Waals surface area contributed by atoms with Crippen LogP contribution in [0.3, 0.4) is 0 Å². The number of hydrogen-bond donors (Lipinski definition) is 1. The van der Waals surface area contributed by atoms with E-state index in [1.165, 1.54) is 0 Å². The van der Waals surface area contributed by atoms with Crippen molar-refractivity contribution in [1.82, 2.24) is 5.32 Å². The Labute approximate surface area is 108 Å². The molecular formula is C12H14BrNO3. The predicted molar refractivity (Wildman–Crippen MR) is 66.7 cm³/mol. The number of morpholine rings is 1. The molecule has 0 bridgehead atoms. The molecule has 2 aliphatic rings. The fourth-order valence-corrected chi connectivity index (χ4v) is 2.73. The largest absolute Gasteiger partial charge is 0.486 e. The van der Waals surface area contributed by atoms with Gasteiger partial charge in [-0.1, -0.05) is 15.9 Å². The molecule has 1 unspecified atom stereocenters. The van der Waals surface area contributed by atoms with Gasteiger partial charge in [0, 0.05) is 23.1 Å². The molecule has 0 spiro atoms. The Hall–Kier alpha value is -0.780. The summed E-state index contributed by atoms with van der Waals surface area (Å²) in [6.07, 6.45) is 0.0229. The van der Waals surface area contributed by atoms with Gasteiger partial charge in [0.25, 0.3) is 0 Å². The third kappa shape index (κ3) is 2.14. The van der Waals surface area contributed by atoms with Crippen LogP contribution in [0.25, 0.3) is 0 Å². The molecule has 1 saturated heterocycles. The first kappa shape index (κ1) is 11.3. The van der Waals surface area contributed by atoms with E-state index in [9.17, 15) is 0 Å². The Morgan fingerprint density at radius 1 is 1.18 bits per heavy atom. The van der Waals surface area contributed by atoms with Gasteiger partial charge < -0.3 is 19.5 Å². The summed E-state index contributed by atoms with van der Waals surface area (Å²) in [4.78, 5) is 0. The Morgan fingerprint density at radius 3 is 2.88 bits per heavy atom. The van der Waals surface area contributed by atoms with Gasteiger partial charge in [0.15, 0.2) is 11.5 Å². The summed E-state index contributed by atoms with van der Waals surface area (Å²) in [7, 11) is 0. The van der Waals surface area contributed by atoms with Crippen molar-refractivity contribution in [3.63, 3.8) is 0 Å². The van der Waals surface area contributed by atoms with Crippen molar-refractivity contribution < 1.29 is 14.2 Å². The van der Waals surface area contributed by atoms with Gasteiger partial charge in [-0.3, -0.25) is 0 Å². The summed E-state index contributed by atoms with van der Waals surface area (Å²) < 4.78 is 18.1. The van der Waals surface area contributed by atoms with E-state index in [0.29, 0.717) is 13.2 Å². The second-order valence-corrected chi connectivity index (χ2v) is 4.90. The summed E-state index contributed by atoms with van der Waals surface area (Å²) in [6, 6.07) is 3.92. The highest BCUT2D eigenvalue weighted by atomic mass is 79.9. The minimum absolute atomic E-state index is 0.0229. The average molecular weight is 300 g/mol. The molecule has 1 fully saturated rings. The van der Waals surface area contributed by atoms with E-state index in [2.05, 4.69) is 21.2 Å². The molecule has 2 heterocycles. The Balaban J connectivity index is 2.01. The normalized spacial score (nSPS) is 23.5. The van der Waals surface area contributed by atoms with E-state index in [0.717, 1.165) is 41.2 Å². The van der Waals surface area contributed by atoms with Gasteiger partial charge >= 0.3 is 0 Å². The van der Waals surface area contributed by atoms with Crippen molar-refractivity contribution in [2.24, 2.45) is 0 Å². The number of fused-ring (bicyclic) bond motifs is 1. The molecular weight excluding hydrogens is 286 g/mol. The molecule has 92 valence electrons. The lowest BCUT2D eigenvalue weighted by Gasteiger charge is -2.29. The molecule has 0 radical (unpaired) electrons. The van der Waals surface area contributed by atoms with Crippen LogP contribution >= 0.6 is 15.9 Å². The number of hydrogen-bond acceptors (Lipinski definition) is 4. The molecule has 1 aromatic carbocycles. The van der Waals surface area contributed by atoms with Gasteiger partial charge in [0.2, 0.25) is 0 Å². The molecule has 0 saturated carbocycles. The van der Waals surface area contributed by atoms with Crippen molar-refractivity contribution >= 4 is 15.9 Å². The van der Waals surface area contributed by atoms with Crippen LogP contribution in [0.15, 0.2) is 16.6 Å². The Kier molecular flexibility index (Phi) is 3.22. The molecule has 0 aromatic heterocycles. The third-order valence-corrected chi connectivity index (χ3v) is 3.64. The number of ether oxygens (including phenoxy) is 3. The van der Waals surface area contributed by atoms with E-state index in [1.54, 1.807) is 0 Å². The van der Waals surface area contributed by atoms with Crippen LogP contribution in [0.2, 0.25) is 0 Å². The summed E-state index contributed by atoms with van der Waals surface area (Å²) in [5.41, 5.74) is 1.05. The molecule has 1 N–H and O–H groups in total. The lowest BCUT2D eigenvalue weighted by molar-refractivity contribution is 0.0240. The van der Waals surface area contributed by atoms with Crippen molar-refractivity contribution in [3.05, 3.63) is 22.2 Å². The number of rotatable bonds is 1. The molecule has 17 heavy (non-hydrogen) atoms. The highest BCUT2D eigenvalue weighted by Gasteiger charge is 2.26. The quantitative estimate of drug-likeness (QED) is 0.859. The first-order valence-electron chi connectivity index (χ1n) is 5.76. The van der Waals surface area contributed by atoms with E-state index in [4.69, 9.17) is 14.2 Å². The molecule has 4 nitrogen and oxygen atoms in total. The molecule has 0 amide bonds. The van der Waals surface area contributed by atoms with Crippen molar-refractivity contribution in [1.29, 1.82) is 0 Å². The lowest BCUT2D eigenvalue weighted by Crippen LogP contribution is -2.34. The second-order valence-electron chi connectivity index (χ2n) is 4.05. The second kappa shape index (κ2) is 4.84. The van der Waals surface area contributed by atoms with Crippen molar-refractivity contribution in [2.75, 3.05) is 32.9 Å². The molecule has 1 aromatic rings. The minimum atomic E-state index is 0.0229. The van der Waals surface area contributed by atoms with Crippen LogP contribution in [0.5, 0.6) is 11.5 Å². The monoisotopic (exact) mass is 299 g/mol. The first-order chi connectivity index (χ1) is 8.36. The SMILES string of the molecule is Brc1ccc2c(c1C1CNCCO1)OCCO2. The summed E-state index contributed by atoms with van der Waals surface area (Å²) in [6.45, 7) is 3.63. The number of halogens is 1. The fraction of sp³-hybridized carbons (Fsp3) is 0.500. The van der Waals surface area contributed by atoms with E-state index in [-0.39, 0.29) is 6.10 Å². The van der Waals surface area contributed by atoms with Gasteiger partial charge in [-0.15, -0.1) is 0 Å². The van der Waals surface area contributed by atoms with Crippen molar-refractivity contribution in [2.45, 2.75) is 6.10 Å². The third-order valence-electron chi connectivity index (χ3n) is 2.94. The van der Waals surface area contributed by atoms with E-state index >= 15 is 0 Å². The highest BCUT2D eigenvalue weighted by molar-refractivity contribution is 9.10. The maximum absolute atomic E-state index is 5.78. The maximum atomic E-state index is 5.78. The fourth-order valence-electron chi connectivity index (χ4n) is 2.16. The van der Waals surface area contributed by atoms with Crippen molar-refractivity contribution in [3.8, 4) is 11.5 Å².